The van der Waals surface area contributed by atoms with Gasteiger partial charge < -0.3 is 9.72 Å². The molecule has 1 aromatic heterocycles. The summed E-state index contributed by atoms with van der Waals surface area (Å²) in [6, 6.07) is 7.82. The largest absolute Gasteiger partial charge is 0.459 e. The maximum absolute atomic E-state index is 11.5. The van der Waals surface area contributed by atoms with Crippen LogP contribution in [0.4, 0.5) is 0 Å². The quantitative estimate of drug-likeness (QED) is 0.826. The second-order valence-electron chi connectivity index (χ2n) is 5.39. The van der Waals surface area contributed by atoms with Gasteiger partial charge in [0.25, 0.3) is 0 Å². The Balaban J connectivity index is 1.84. The Kier molecular flexibility index (Phi) is 3.85. The third kappa shape index (κ3) is 4.06. The molecular weight excluding hydrogens is 242 g/mol. The fourth-order valence-corrected chi connectivity index (χ4v) is 1.75. The number of esters is 1. The summed E-state index contributed by atoms with van der Waals surface area (Å²) in [5, 5.41) is 3.02. The van der Waals surface area contributed by atoms with E-state index in [4.69, 9.17) is 4.74 Å². The molecule has 0 amide bonds. The van der Waals surface area contributed by atoms with Gasteiger partial charge >= 0.3 is 5.97 Å². The fourth-order valence-electron chi connectivity index (χ4n) is 1.75. The van der Waals surface area contributed by atoms with Crippen LogP contribution in [-0.4, -0.2) is 28.1 Å². The van der Waals surface area contributed by atoms with Crippen molar-refractivity contribution < 1.29 is 9.53 Å². The van der Waals surface area contributed by atoms with E-state index in [0.717, 1.165) is 16.9 Å². The van der Waals surface area contributed by atoms with Crippen LogP contribution in [0.5, 0.6) is 0 Å². The lowest BCUT2D eigenvalue weighted by Crippen LogP contribution is -2.31. The Hall–Kier alpha value is -1.88. The maximum Gasteiger partial charge on any atom is 0.320 e. The first-order chi connectivity index (χ1) is 8.94. The molecule has 0 radical (unpaired) electrons. The van der Waals surface area contributed by atoms with Crippen LogP contribution in [0.3, 0.4) is 0 Å². The number of rotatable bonds is 4. The molecule has 0 unspecified atom stereocenters. The number of nitrogens with zero attached hydrogens (tertiary/aromatic N) is 1. The summed E-state index contributed by atoms with van der Waals surface area (Å²) < 4.78 is 5.20. The van der Waals surface area contributed by atoms with E-state index in [1.807, 2.05) is 45.0 Å². The van der Waals surface area contributed by atoms with Gasteiger partial charge in [0.2, 0.25) is 0 Å². The van der Waals surface area contributed by atoms with Gasteiger partial charge in [0.1, 0.15) is 11.4 Å². The minimum atomic E-state index is -0.446. The molecule has 0 aliphatic rings. The zero-order chi connectivity index (χ0) is 13.9. The van der Waals surface area contributed by atoms with Crippen LogP contribution in [-0.2, 0) is 16.1 Å². The molecule has 0 saturated carbocycles. The van der Waals surface area contributed by atoms with Crippen molar-refractivity contribution in [2.75, 3.05) is 6.54 Å². The Labute approximate surface area is 112 Å². The number of hydrogen-bond acceptors (Lipinski definition) is 4. The highest BCUT2D eigenvalue weighted by molar-refractivity contribution is 5.74. The number of imidazole rings is 1. The van der Waals surface area contributed by atoms with Crippen molar-refractivity contribution in [2.24, 2.45) is 0 Å². The summed E-state index contributed by atoms with van der Waals surface area (Å²) in [6.45, 7) is 6.24. The number of H-pyrrole nitrogens is 1. The van der Waals surface area contributed by atoms with Crippen LogP contribution >= 0.6 is 0 Å². The van der Waals surface area contributed by atoms with E-state index in [9.17, 15) is 4.79 Å². The Morgan fingerprint density at radius 2 is 2.11 bits per heavy atom. The number of hydrogen-bond donors (Lipinski definition) is 2. The van der Waals surface area contributed by atoms with E-state index in [2.05, 4.69) is 15.3 Å². The molecule has 0 atom stereocenters. The molecule has 102 valence electrons. The molecule has 0 spiro atoms. The van der Waals surface area contributed by atoms with Gasteiger partial charge in [-0.05, 0) is 32.9 Å². The van der Waals surface area contributed by atoms with Crippen molar-refractivity contribution >= 4 is 17.0 Å². The molecule has 0 bridgehead atoms. The number of carbonyl (C=O) groups is 1. The molecule has 2 N–H and O–H groups in total. The van der Waals surface area contributed by atoms with Crippen LogP contribution in [0.1, 0.15) is 26.6 Å². The van der Waals surface area contributed by atoms with E-state index >= 15 is 0 Å². The van der Waals surface area contributed by atoms with Gasteiger partial charge in [-0.25, -0.2) is 4.98 Å². The molecule has 0 aliphatic heterocycles. The van der Waals surface area contributed by atoms with Crippen LogP contribution in [0, 0.1) is 0 Å². The number of fused-ring (bicyclic) bond motifs is 1. The third-order valence-electron chi connectivity index (χ3n) is 2.42. The summed E-state index contributed by atoms with van der Waals surface area (Å²) >= 11 is 0. The normalized spacial score (nSPS) is 11.7. The minimum Gasteiger partial charge on any atom is -0.459 e. The molecular formula is C14H19N3O2. The predicted octanol–water partition coefficient (Wildman–Crippen LogP) is 1.99. The first-order valence-corrected chi connectivity index (χ1v) is 6.30. The third-order valence-corrected chi connectivity index (χ3v) is 2.42. The van der Waals surface area contributed by atoms with Crippen molar-refractivity contribution in [1.29, 1.82) is 0 Å². The molecule has 0 aliphatic carbocycles. The topological polar surface area (TPSA) is 67.0 Å². The van der Waals surface area contributed by atoms with Gasteiger partial charge in [-0.1, -0.05) is 12.1 Å². The van der Waals surface area contributed by atoms with Gasteiger partial charge in [0, 0.05) is 0 Å². The molecule has 2 rings (SSSR count). The van der Waals surface area contributed by atoms with E-state index in [0.29, 0.717) is 6.54 Å². The molecule has 5 nitrogen and oxygen atoms in total. The standard InChI is InChI=1S/C14H19N3O2/c1-14(2,3)19-13(18)9-15-8-12-16-10-6-4-5-7-11(10)17-12/h4-7,15H,8-9H2,1-3H3,(H,16,17). The van der Waals surface area contributed by atoms with E-state index in [-0.39, 0.29) is 12.5 Å². The Morgan fingerprint density at radius 3 is 2.79 bits per heavy atom. The number of carbonyl (C=O) groups excluding carboxylic acids is 1. The van der Waals surface area contributed by atoms with Gasteiger partial charge in [0.15, 0.2) is 0 Å². The number of aromatic nitrogens is 2. The van der Waals surface area contributed by atoms with Crippen LogP contribution in [0.25, 0.3) is 11.0 Å². The van der Waals surface area contributed by atoms with Crippen molar-refractivity contribution in [2.45, 2.75) is 32.9 Å². The van der Waals surface area contributed by atoms with Crippen LogP contribution < -0.4 is 5.32 Å². The molecule has 2 aromatic rings. The molecule has 19 heavy (non-hydrogen) atoms. The van der Waals surface area contributed by atoms with E-state index in [1.165, 1.54) is 0 Å². The number of ether oxygens (including phenoxy) is 1. The highest BCUT2D eigenvalue weighted by atomic mass is 16.6. The summed E-state index contributed by atoms with van der Waals surface area (Å²) in [4.78, 5) is 19.1. The average Bonchev–Trinajstić information content (AvgIpc) is 2.68. The maximum atomic E-state index is 11.5. The number of benzene rings is 1. The minimum absolute atomic E-state index is 0.175. The summed E-state index contributed by atoms with van der Waals surface area (Å²) in [7, 11) is 0. The number of nitrogens with one attached hydrogen (secondary N) is 2. The van der Waals surface area contributed by atoms with Crippen LogP contribution in [0.15, 0.2) is 24.3 Å². The molecule has 5 heteroatoms. The fraction of sp³-hybridized carbons (Fsp3) is 0.429. The number of para-hydroxylation sites is 2. The predicted molar refractivity (Wildman–Crippen MR) is 73.6 cm³/mol. The lowest BCUT2D eigenvalue weighted by molar-refractivity contribution is -0.153. The number of aromatic amines is 1. The second kappa shape index (κ2) is 5.40. The molecule has 0 fully saturated rings. The first-order valence-electron chi connectivity index (χ1n) is 6.30. The van der Waals surface area contributed by atoms with Gasteiger partial charge in [-0.15, -0.1) is 0 Å². The zero-order valence-electron chi connectivity index (χ0n) is 11.5. The molecule has 0 saturated heterocycles. The SMILES string of the molecule is CC(C)(C)OC(=O)CNCc1nc2ccccc2[nH]1. The highest BCUT2D eigenvalue weighted by Gasteiger charge is 2.15. The smallest absolute Gasteiger partial charge is 0.320 e. The summed E-state index contributed by atoms with van der Waals surface area (Å²) in [5.74, 6) is 0.549. The van der Waals surface area contributed by atoms with Crippen molar-refractivity contribution in [3.63, 3.8) is 0 Å². The lowest BCUT2D eigenvalue weighted by atomic mass is 10.2. The Bertz CT molecular complexity index is 536. The average molecular weight is 261 g/mol. The monoisotopic (exact) mass is 261 g/mol. The first kappa shape index (κ1) is 13.5. The summed E-state index contributed by atoms with van der Waals surface area (Å²) in [6.07, 6.45) is 0. The molecule has 1 heterocycles. The van der Waals surface area contributed by atoms with Crippen molar-refractivity contribution in [3.05, 3.63) is 30.1 Å². The van der Waals surface area contributed by atoms with E-state index < -0.39 is 5.60 Å². The zero-order valence-corrected chi connectivity index (χ0v) is 11.5. The second-order valence-corrected chi connectivity index (χ2v) is 5.39. The van der Waals surface area contributed by atoms with Gasteiger partial charge in [0.05, 0.1) is 24.1 Å². The van der Waals surface area contributed by atoms with Gasteiger partial charge in [-0.3, -0.25) is 10.1 Å². The lowest BCUT2D eigenvalue weighted by Gasteiger charge is -2.19. The summed E-state index contributed by atoms with van der Waals surface area (Å²) in [5.41, 5.74) is 1.48. The van der Waals surface area contributed by atoms with Crippen molar-refractivity contribution in [1.82, 2.24) is 15.3 Å². The molecule has 1 aromatic carbocycles. The van der Waals surface area contributed by atoms with E-state index in [1.54, 1.807) is 0 Å². The highest BCUT2D eigenvalue weighted by Crippen LogP contribution is 2.10. The van der Waals surface area contributed by atoms with Gasteiger partial charge in [-0.2, -0.15) is 0 Å². The Morgan fingerprint density at radius 1 is 1.37 bits per heavy atom. The van der Waals surface area contributed by atoms with Crippen LogP contribution in [0.2, 0.25) is 0 Å². The van der Waals surface area contributed by atoms with Crippen molar-refractivity contribution in [3.8, 4) is 0 Å².